The Morgan fingerprint density at radius 1 is 1.21 bits per heavy atom. The number of anilines is 1. The van der Waals surface area contributed by atoms with Gasteiger partial charge in [0.15, 0.2) is 5.16 Å². The van der Waals surface area contributed by atoms with Gasteiger partial charge in [0.2, 0.25) is 5.91 Å². The maximum Gasteiger partial charge on any atom is 0.234 e. The average Bonchev–Trinajstić information content (AvgIpc) is 3.10. The number of aryl methyl sites for hydroxylation is 1. The number of carbonyl (C=O) groups excluding carboxylic acids is 1. The fourth-order valence-corrected chi connectivity index (χ4v) is 4.18. The minimum atomic E-state index is -0.0669. The number of hydrogen-bond acceptors (Lipinski definition) is 5. The number of methoxy groups -OCH3 is 1. The van der Waals surface area contributed by atoms with Gasteiger partial charge in [0, 0.05) is 23.1 Å². The maximum absolute atomic E-state index is 12.4. The molecule has 0 saturated carbocycles. The van der Waals surface area contributed by atoms with Gasteiger partial charge in [-0.15, -0.1) is 10.2 Å². The van der Waals surface area contributed by atoms with Gasteiger partial charge in [-0.3, -0.25) is 4.79 Å². The number of benzene rings is 2. The van der Waals surface area contributed by atoms with Crippen LogP contribution in [0.4, 0.5) is 5.69 Å². The van der Waals surface area contributed by atoms with Crippen molar-refractivity contribution >= 4 is 39.3 Å². The second-order valence-corrected chi connectivity index (χ2v) is 8.32. The molecule has 1 heterocycles. The second kappa shape index (κ2) is 9.93. The van der Waals surface area contributed by atoms with Crippen molar-refractivity contribution in [2.45, 2.75) is 32.0 Å². The van der Waals surface area contributed by atoms with Gasteiger partial charge in [0.05, 0.1) is 12.9 Å². The summed E-state index contributed by atoms with van der Waals surface area (Å²) < 4.78 is 8.24. The second-order valence-electron chi connectivity index (χ2n) is 6.46. The van der Waals surface area contributed by atoms with Crippen LogP contribution >= 0.6 is 27.7 Å². The van der Waals surface area contributed by atoms with E-state index in [1.807, 2.05) is 54.0 Å². The van der Waals surface area contributed by atoms with Crippen LogP contribution in [0.1, 0.15) is 23.9 Å². The minimum Gasteiger partial charge on any atom is -0.497 e. The number of ether oxygens (including phenoxy) is 1. The Balaban J connectivity index is 1.62. The van der Waals surface area contributed by atoms with E-state index in [4.69, 9.17) is 4.74 Å². The van der Waals surface area contributed by atoms with Gasteiger partial charge in [-0.25, -0.2) is 0 Å². The third-order valence-corrected chi connectivity index (χ3v) is 5.89. The van der Waals surface area contributed by atoms with E-state index in [0.717, 1.165) is 44.6 Å². The Morgan fingerprint density at radius 3 is 2.62 bits per heavy atom. The van der Waals surface area contributed by atoms with Crippen LogP contribution in [0.2, 0.25) is 0 Å². The molecule has 0 unspecified atom stereocenters. The van der Waals surface area contributed by atoms with Gasteiger partial charge in [0.25, 0.3) is 0 Å². The number of thioether (sulfide) groups is 1. The fraction of sp³-hybridized carbons (Fsp3) is 0.286. The molecule has 2 aromatic carbocycles. The molecule has 8 heteroatoms. The summed E-state index contributed by atoms with van der Waals surface area (Å²) in [6.45, 7) is 4.76. The molecule has 1 aromatic heterocycles. The van der Waals surface area contributed by atoms with Gasteiger partial charge in [-0.1, -0.05) is 39.8 Å². The number of aromatic nitrogens is 3. The highest BCUT2D eigenvalue weighted by molar-refractivity contribution is 9.10. The zero-order valence-electron chi connectivity index (χ0n) is 16.6. The molecule has 1 amide bonds. The molecule has 3 aromatic rings. The van der Waals surface area contributed by atoms with E-state index in [1.165, 1.54) is 11.8 Å². The molecule has 6 nitrogen and oxygen atoms in total. The molecular formula is C21H23BrN4O2S. The molecule has 0 radical (unpaired) electrons. The number of carbonyl (C=O) groups is 1. The van der Waals surface area contributed by atoms with Crippen LogP contribution < -0.4 is 10.1 Å². The molecular weight excluding hydrogens is 452 g/mol. The highest BCUT2D eigenvalue weighted by Gasteiger charge is 2.14. The van der Waals surface area contributed by atoms with Crippen LogP contribution in [0.3, 0.4) is 0 Å². The summed E-state index contributed by atoms with van der Waals surface area (Å²) in [7, 11) is 1.65. The van der Waals surface area contributed by atoms with Crippen molar-refractivity contribution in [3.05, 3.63) is 63.9 Å². The van der Waals surface area contributed by atoms with Crippen LogP contribution in [-0.2, 0) is 17.8 Å². The zero-order valence-corrected chi connectivity index (χ0v) is 19.0. The number of nitrogens with zero attached hydrogens (tertiary/aromatic N) is 3. The molecule has 0 aliphatic rings. The van der Waals surface area contributed by atoms with Crippen LogP contribution in [0.25, 0.3) is 0 Å². The molecule has 0 bridgehead atoms. The summed E-state index contributed by atoms with van der Waals surface area (Å²) in [6.07, 6.45) is 0.676. The van der Waals surface area contributed by atoms with Crippen molar-refractivity contribution in [1.29, 1.82) is 0 Å². The topological polar surface area (TPSA) is 69.0 Å². The van der Waals surface area contributed by atoms with Crippen LogP contribution in [-0.4, -0.2) is 33.5 Å². The highest BCUT2D eigenvalue weighted by atomic mass is 79.9. The summed E-state index contributed by atoms with van der Waals surface area (Å²) in [6, 6.07) is 13.7. The molecule has 0 fully saturated rings. The van der Waals surface area contributed by atoms with Gasteiger partial charge < -0.3 is 14.6 Å². The van der Waals surface area contributed by atoms with Gasteiger partial charge in [-0.2, -0.15) is 0 Å². The standard InChI is InChI=1S/C21H23BrN4O2S/c1-4-26-19(12-15-5-8-17(28-3)9-6-15)24-25-21(26)29-13-20(27)23-18-10-7-16(22)11-14(18)2/h5-11H,4,12-13H2,1-3H3,(H,23,27). The lowest BCUT2D eigenvalue weighted by Crippen LogP contribution is -2.15. The average molecular weight is 475 g/mol. The Kier molecular flexibility index (Phi) is 7.33. The Labute approximate surface area is 183 Å². The normalized spacial score (nSPS) is 10.8. The lowest BCUT2D eigenvalue weighted by molar-refractivity contribution is -0.113. The van der Waals surface area contributed by atoms with E-state index in [-0.39, 0.29) is 11.7 Å². The predicted molar refractivity (Wildman–Crippen MR) is 120 cm³/mol. The van der Waals surface area contributed by atoms with Crippen molar-refractivity contribution < 1.29 is 9.53 Å². The minimum absolute atomic E-state index is 0.0669. The lowest BCUT2D eigenvalue weighted by Gasteiger charge is -2.10. The molecule has 29 heavy (non-hydrogen) atoms. The van der Waals surface area contributed by atoms with Crippen LogP contribution in [0.5, 0.6) is 5.75 Å². The quantitative estimate of drug-likeness (QED) is 0.479. The molecule has 0 spiro atoms. The molecule has 0 saturated heterocycles. The number of rotatable bonds is 8. The Morgan fingerprint density at radius 2 is 1.97 bits per heavy atom. The van der Waals surface area contributed by atoms with E-state index in [0.29, 0.717) is 6.42 Å². The molecule has 0 atom stereocenters. The van der Waals surface area contributed by atoms with Crippen molar-refractivity contribution in [2.75, 3.05) is 18.2 Å². The first-order valence-electron chi connectivity index (χ1n) is 9.24. The molecule has 1 N–H and O–H groups in total. The largest absolute Gasteiger partial charge is 0.497 e. The SMILES string of the molecule is CCn1c(Cc2ccc(OC)cc2)nnc1SCC(=O)Nc1ccc(Br)cc1C. The van der Waals surface area contributed by atoms with Crippen molar-refractivity contribution in [3.8, 4) is 5.75 Å². The van der Waals surface area contributed by atoms with E-state index in [1.54, 1.807) is 7.11 Å². The summed E-state index contributed by atoms with van der Waals surface area (Å²) in [5.41, 5.74) is 2.96. The number of nitrogens with one attached hydrogen (secondary N) is 1. The summed E-state index contributed by atoms with van der Waals surface area (Å²) in [4.78, 5) is 12.4. The predicted octanol–water partition coefficient (Wildman–Crippen LogP) is 4.70. The van der Waals surface area contributed by atoms with Gasteiger partial charge in [0.1, 0.15) is 11.6 Å². The first-order chi connectivity index (χ1) is 14.0. The van der Waals surface area contributed by atoms with Crippen molar-refractivity contribution in [2.24, 2.45) is 0 Å². The molecule has 3 rings (SSSR count). The number of amides is 1. The van der Waals surface area contributed by atoms with E-state index >= 15 is 0 Å². The van der Waals surface area contributed by atoms with E-state index < -0.39 is 0 Å². The Bertz CT molecular complexity index is 989. The maximum atomic E-state index is 12.4. The first kappa shape index (κ1) is 21.4. The van der Waals surface area contributed by atoms with Crippen LogP contribution in [0.15, 0.2) is 52.1 Å². The fourth-order valence-electron chi connectivity index (χ4n) is 2.88. The zero-order chi connectivity index (χ0) is 20.8. The highest BCUT2D eigenvalue weighted by Crippen LogP contribution is 2.22. The third kappa shape index (κ3) is 5.61. The van der Waals surface area contributed by atoms with E-state index in [9.17, 15) is 4.79 Å². The smallest absolute Gasteiger partial charge is 0.234 e. The monoisotopic (exact) mass is 474 g/mol. The number of halogens is 1. The number of hydrogen-bond donors (Lipinski definition) is 1. The molecule has 152 valence electrons. The summed E-state index contributed by atoms with van der Waals surface area (Å²) in [5, 5.41) is 12.3. The van der Waals surface area contributed by atoms with Crippen LogP contribution in [0, 0.1) is 6.92 Å². The summed E-state index contributed by atoms with van der Waals surface area (Å²) in [5.74, 6) is 1.91. The molecule has 0 aliphatic heterocycles. The molecule has 0 aliphatic carbocycles. The van der Waals surface area contributed by atoms with E-state index in [2.05, 4.69) is 38.4 Å². The summed E-state index contributed by atoms with van der Waals surface area (Å²) >= 11 is 4.83. The van der Waals surface area contributed by atoms with Gasteiger partial charge >= 0.3 is 0 Å². The van der Waals surface area contributed by atoms with Gasteiger partial charge in [-0.05, 0) is 55.3 Å². The lowest BCUT2D eigenvalue weighted by atomic mass is 10.1. The first-order valence-corrected chi connectivity index (χ1v) is 11.0. The Hall–Kier alpha value is -2.32. The van der Waals surface area contributed by atoms with Crippen molar-refractivity contribution in [3.63, 3.8) is 0 Å². The van der Waals surface area contributed by atoms with Crippen molar-refractivity contribution in [1.82, 2.24) is 14.8 Å². The third-order valence-electron chi connectivity index (χ3n) is 4.43.